The van der Waals surface area contributed by atoms with Gasteiger partial charge in [0.25, 0.3) is 0 Å². The van der Waals surface area contributed by atoms with E-state index in [9.17, 15) is 0 Å². The van der Waals surface area contributed by atoms with Crippen LogP contribution in [0.25, 0.3) is 0 Å². The topological polar surface area (TPSA) is 30.5 Å². The third-order valence-electron chi connectivity index (χ3n) is 3.27. The van der Waals surface area contributed by atoms with Gasteiger partial charge in [0.1, 0.15) is 13.2 Å². The lowest BCUT2D eigenvalue weighted by molar-refractivity contribution is 0.171. The maximum absolute atomic E-state index is 5.62. The van der Waals surface area contributed by atoms with Crippen molar-refractivity contribution in [2.45, 2.75) is 25.7 Å². The highest BCUT2D eigenvalue weighted by atomic mass is 16.6. The molecular formula is C14H21NO2. The van der Waals surface area contributed by atoms with E-state index in [1.165, 1.54) is 5.56 Å². The Labute approximate surface area is 103 Å². The maximum Gasteiger partial charge on any atom is 0.161 e. The average molecular weight is 235 g/mol. The van der Waals surface area contributed by atoms with Gasteiger partial charge in [-0.3, -0.25) is 0 Å². The lowest BCUT2D eigenvalue weighted by atomic mass is 9.93. The van der Waals surface area contributed by atoms with Crippen molar-refractivity contribution in [2.24, 2.45) is 0 Å². The molecule has 3 heteroatoms. The fourth-order valence-corrected chi connectivity index (χ4v) is 2.24. The van der Waals surface area contributed by atoms with Crippen molar-refractivity contribution in [1.82, 2.24) is 5.32 Å². The standard InChI is InChI=1S/C14H21NO2/c1-3-11(6-7-15-2)12-4-5-13-14(10-12)17-9-8-16-13/h4-5,10-11,15H,3,6-9H2,1-2H3. The first-order chi connectivity index (χ1) is 8.35. The zero-order valence-electron chi connectivity index (χ0n) is 10.7. The zero-order valence-corrected chi connectivity index (χ0v) is 10.7. The molecule has 17 heavy (non-hydrogen) atoms. The molecule has 0 spiro atoms. The van der Waals surface area contributed by atoms with E-state index >= 15 is 0 Å². The van der Waals surface area contributed by atoms with Crippen molar-refractivity contribution >= 4 is 0 Å². The summed E-state index contributed by atoms with van der Waals surface area (Å²) < 4.78 is 11.2. The molecule has 3 nitrogen and oxygen atoms in total. The lowest BCUT2D eigenvalue weighted by Crippen LogP contribution is -2.16. The molecule has 1 aliphatic rings. The predicted molar refractivity (Wildman–Crippen MR) is 69.0 cm³/mol. The monoisotopic (exact) mass is 235 g/mol. The Hall–Kier alpha value is -1.22. The largest absolute Gasteiger partial charge is 0.486 e. The van der Waals surface area contributed by atoms with Crippen molar-refractivity contribution in [2.75, 3.05) is 26.8 Å². The van der Waals surface area contributed by atoms with E-state index in [0.29, 0.717) is 19.1 Å². The van der Waals surface area contributed by atoms with E-state index in [0.717, 1.165) is 30.9 Å². The molecule has 0 radical (unpaired) electrons. The molecule has 0 saturated carbocycles. The van der Waals surface area contributed by atoms with Crippen LogP contribution in [0.3, 0.4) is 0 Å². The first-order valence-electron chi connectivity index (χ1n) is 6.39. The molecule has 0 aromatic heterocycles. The summed E-state index contributed by atoms with van der Waals surface area (Å²) in [5.41, 5.74) is 1.35. The summed E-state index contributed by atoms with van der Waals surface area (Å²) in [5, 5.41) is 3.21. The summed E-state index contributed by atoms with van der Waals surface area (Å²) >= 11 is 0. The summed E-state index contributed by atoms with van der Waals surface area (Å²) in [7, 11) is 2.00. The van der Waals surface area contributed by atoms with Crippen molar-refractivity contribution in [1.29, 1.82) is 0 Å². The first-order valence-corrected chi connectivity index (χ1v) is 6.39. The molecule has 1 N–H and O–H groups in total. The van der Waals surface area contributed by atoms with Crippen molar-refractivity contribution in [3.8, 4) is 11.5 Å². The normalized spacial score (nSPS) is 15.6. The van der Waals surface area contributed by atoms with E-state index in [1.807, 2.05) is 13.1 Å². The van der Waals surface area contributed by atoms with Gasteiger partial charge in [0.05, 0.1) is 0 Å². The van der Waals surface area contributed by atoms with Crippen molar-refractivity contribution in [3.05, 3.63) is 23.8 Å². The Morgan fingerprint density at radius 2 is 2.00 bits per heavy atom. The third kappa shape index (κ3) is 2.91. The molecule has 0 aliphatic carbocycles. The second-order valence-electron chi connectivity index (χ2n) is 4.40. The molecule has 0 bridgehead atoms. The predicted octanol–water partition coefficient (Wildman–Crippen LogP) is 2.56. The van der Waals surface area contributed by atoms with Crippen LogP contribution in [0.4, 0.5) is 0 Å². The van der Waals surface area contributed by atoms with Crippen LogP contribution < -0.4 is 14.8 Å². The van der Waals surface area contributed by atoms with E-state index in [1.54, 1.807) is 0 Å². The van der Waals surface area contributed by atoms with Gasteiger partial charge in [0.2, 0.25) is 0 Å². The molecule has 2 rings (SSSR count). The molecular weight excluding hydrogens is 214 g/mol. The van der Waals surface area contributed by atoms with Crippen LogP contribution in [0.2, 0.25) is 0 Å². The molecule has 0 fully saturated rings. The summed E-state index contributed by atoms with van der Waals surface area (Å²) in [5.74, 6) is 2.37. The van der Waals surface area contributed by atoms with Gasteiger partial charge in [0.15, 0.2) is 11.5 Å². The Kier molecular flexibility index (Phi) is 4.26. The quantitative estimate of drug-likeness (QED) is 0.851. The summed E-state index contributed by atoms with van der Waals surface area (Å²) in [6.45, 7) is 4.59. The van der Waals surface area contributed by atoms with Gasteiger partial charge in [-0.25, -0.2) is 0 Å². The summed E-state index contributed by atoms with van der Waals surface area (Å²) in [6.07, 6.45) is 2.31. The maximum atomic E-state index is 5.62. The SMILES string of the molecule is CCC(CCNC)c1ccc2c(c1)OCCO2. The fourth-order valence-electron chi connectivity index (χ4n) is 2.24. The number of benzene rings is 1. The number of fused-ring (bicyclic) bond motifs is 1. The van der Waals surface area contributed by atoms with Crippen LogP contribution >= 0.6 is 0 Å². The minimum atomic E-state index is 0.596. The van der Waals surface area contributed by atoms with Crippen LogP contribution in [-0.2, 0) is 0 Å². The smallest absolute Gasteiger partial charge is 0.161 e. The van der Waals surface area contributed by atoms with Crippen LogP contribution in [0, 0.1) is 0 Å². The second kappa shape index (κ2) is 5.92. The van der Waals surface area contributed by atoms with Crippen LogP contribution in [0.1, 0.15) is 31.2 Å². The molecule has 1 unspecified atom stereocenters. The van der Waals surface area contributed by atoms with Gasteiger partial charge in [0, 0.05) is 0 Å². The average Bonchev–Trinajstić information content (AvgIpc) is 2.39. The summed E-state index contributed by atoms with van der Waals surface area (Å²) in [4.78, 5) is 0. The molecule has 0 saturated heterocycles. The van der Waals surface area contributed by atoms with Gasteiger partial charge in [-0.05, 0) is 50.0 Å². The number of ether oxygens (including phenoxy) is 2. The molecule has 0 amide bonds. The van der Waals surface area contributed by atoms with E-state index in [-0.39, 0.29) is 0 Å². The van der Waals surface area contributed by atoms with E-state index < -0.39 is 0 Å². The second-order valence-corrected chi connectivity index (χ2v) is 4.40. The zero-order chi connectivity index (χ0) is 12.1. The van der Waals surface area contributed by atoms with Crippen molar-refractivity contribution < 1.29 is 9.47 Å². The van der Waals surface area contributed by atoms with Crippen LogP contribution in [0.5, 0.6) is 11.5 Å². The first kappa shape index (κ1) is 12.2. The molecule has 1 heterocycles. The van der Waals surface area contributed by atoms with E-state index in [4.69, 9.17) is 9.47 Å². The lowest BCUT2D eigenvalue weighted by Gasteiger charge is -2.21. The van der Waals surface area contributed by atoms with Gasteiger partial charge in [-0.2, -0.15) is 0 Å². The number of hydrogen-bond donors (Lipinski definition) is 1. The van der Waals surface area contributed by atoms with Gasteiger partial charge < -0.3 is 14.8 Å². The van der Waals surface area contributed by atoms with Crippen LogP contribution in [-0.4, -0.2) is 26.8 Å². The highest BCUT2D eigenvalue weighted by Gasteiger charge is 2.15. The highest BCUT2D eigenvalue weighted by Crippen LogP contribution is 2.34. The Morgan fingerprint density at radius 3 is 2.71 bits per heavy atom. The van der Waals surface area contributed by atoms with Gasteiger partial charge in [-0.15, -0.1) is 0 Å². The Morgan fingerprint density at radius 1 is 1.24 bits per heavy atom. The van der Waals surface area contributed by atoms with Crippen LogP contribution in [0.15, 0.2) is 18.2 Å². The summed E-state index contributed by atoms with van der Waals surface area (Å²) in [6, 6.07) is 6.33. The molecule has 94 valence electrons. The molecule has 1 aliphatic heterocycles. The number of hydrogen-bond acceptors (Lipinski definition) is 3. The van der Waals surface area contributed by atoms with Crippen molar-refractivity contribution in [3.63, 3.8) is 0 Å². The molecule has 1 aromatic carbocycles. The molecule has 1 atom stereocenters. The minimum absolute atomic E-state index is 0.596. The minimum Gasteiger partial charge on any atom is -0.486 e. The number of rotatable bonds is 5. The Balaban J connectivity index is 2.13. The fraction of sp³-hybridized carbons (Fsp3) is 0.571. The van der Waals surface area contributed by atoms with Gasteiger partial charge >= 0.3 is 0 Å². The Bertz CT molecular complexity index is 365. The highest BCUT2D eigenvalue weighted by molar-refractivity contribution is 5.44. The number of nitrogens with one attached hydrogen (secondary N) is 1. The molecule has 1 aromatic rings. The van der Waals surface area contributed by atoms with Gasteiger partial charge in [-0.1, -0.05) is 13.0 Å². The third-order valence-corrected chi connectivity index (χ3v) is 3.27. The van der Waals surface area contributed by atoms with E-state index in [2.05, 4.69) is 24.4 Å².